The zero-order chi connectivity index (χ0) is 18.6. The molecular weight excluding hydrogens is 358 g/mol. The summed E-state index contributed by atoms with van der Waals surface area (Å²) in [6.07, 6.45) is 1.94. The van der Waals surface area contributed by atoms with Crippen LogP contribution in [0.3, 0.4) is 0 Å². The summed E-state index contributed by atoms with van der Waals surface area (Å²) in [5.41, 5.74) is 1.11. The summed E-state index contributed by atoms with van der Waals surface area (Å²) < 4.78 is 1.39. The van der Waals surface area contributed by atoms with Gasteiger partial charge in [-0.05, 0) is 36.0 Å². The summed E-state index contributed by atoms with van der Waals surface area (Å²) in [6.45, 7) is 0.338. The largest absolute Gasteiger partial charge is 0.348 e. The Morgan fingerprint density at radius 1 is 1.04 bits per heavy atom. The molecule has 27 heavy (non-hydrogen) atoms. The highest BCUT2D eigenvalue weighted by molar-refractivity contribution is 7.99. The van der Waals surface area contributed by atoms with E-state index >= 15 is 0 Å². The van der Waals surface area contributed by atoms with E-state index in [9.17, 15) is 9.59 Å². The molecule has 1 amide bonds. The number of amides is 1. The lowest BCUT2D eigenvalue weighted by molar-refractivity contribution is 0.0929. The third-order valence-electron chi connectivity index (χ3n) is 4.81. The van der Waals surface area contributed by atoms with Gasteiger partial charge in [-0.3, -0.25) is 9.59 Å². The third-order valence-corrected chi connectivity index (χ3v) is 5.86. The zero-order valence-electron chi connectivity index (χ0n) is 14.9. The van der Waals surface area contributed by atoms with E-state index < -0.39 is 0 Å². The van der Waals surface area contributed by atoms with E-state index in [1.807, 2.05) is 54.2 Å². The molecule has 0 aliphatic carbocycles. The lowest BCUT2D eigenvalue weighted by Gasteiger charge is -2.22. The molecule has 0 unspecified atom stereocenters. The number of carbonyl (C=O) groups excluding carboxylic acids is 1. The van der Waals surface area contributed by atoms with Gasteiger partial charge in [0.15, 0.2) is 5.69 Å². The molecule has 5 nitrogen and oxygen atoms in total. The molecule has 0 saturated carbocycles. The number of aromatic nitrogens is 2. The van der Waals surface area contributed by atoms with E-state index in [1.54, 1.807) is 12.1 Å². The molecule has 4 rings (SSSR count). The second-order valence-electron chi connectivity index (χ2n) is 6.70. The van der Waals surface area contributed by atoms with Crippen molar-refractivity contribution in [2.24, 2.45) is 0 Å². The Labute approximate surface area is 161 Å². The van der Waals surface area contributed by atoms with Crippen LogP contribution in [0.5, 0.6) is 0 Å². The normalized spacial score (nSPS) is 15.0. The molecule has 1 aliphatic heterocycles. The van der Waals surface area contributed by atoms with Crippen LogP contribution in [0.15, 0.2) is 59.4 Å². The Kier molecular flexibility index (Phi) is 5.25. The predicted molar refractivity (Wildman–Crippen MR) is 109 cm³/mol. The number of benzene rings is 2. The van der Waals surface area contributed by atoms with Crippen molar-refractivity contribution >= 4 is 28.4 Å². The summed E-state index contributed by atoms with van der Waals surface area (Å²) >= 11 is 1.92. The van der Waals surface area contributed by atoms with Crippen molar-refractivity contribution in [2.45, 2.75) is 25.4 Å². The fourth-order valence-corrected chi connectivity index (χ4v) is 4.47. The number of hydrogen-bond acceptors (Lipinski definition) is 4. The first-order valence-electron chi connectivity index (χ1n) is 9.15. The summed E-state index contributed by atoms with van der Waals surface area (Å²) in [5, 5.41) is 8.68. The first kappa shape index (κ1) is 17.8. The highest BCUT2D eigenvalue weighted by Crippen LogP contribution is 2.19. The van der Waals surface area contributed by atoms with E-state index in [0.29, 0.717) is 23.0 Å². The van der Waals surface area contributed by atoms with Gasteiger partial charge in [0.25, 0.3) is 11.5 Å². The summed E-state index contributed by atoms with van der Waals surface area (Å²) in [7, 11) is 0. The van der Waals surface area contributed by atoms with Crippen molar-refractivity contribution in [1.82, 2.24) is 15.1 Å². The molecule has 0 bridgehead atoms. The Morgan fingerprint density at radius 3 is 2.44 bits per heavy atom. The van der Waals surface area contributed by atoms with Crippen LogP contribution >= 0.6 is 11.8 Å². The van der Waals surface area contributed by atoms with Gasteiger partial charge in [-0.2, -0.15) is 16.9 Å². The SMILES string of the molecule is O=C(NC1CCSCC1)c1nn(Cc2ccccc2)c(=O)c2ccccc12. The maximum absolute atomic E-state index is 12.9. The van der Waals surface area contributed by atoms with Crippen molar-refractivity contribution in [1.29, 1.82) is 0 Å². The fraction of sp³-hybridized carbons (Fsp3) is 0.286. The Balaban J connectivity index is 1.73. The van der Waals surface area contributed by atoms with Gasteiger partial charge in [-0.15, -0.1) is 0 Å². The van der Waals surface area contributed by atoms with Crippen LogP contribution < -0.4 is 10.9 Å². The van der Waals surface area contributed by atoms with Crippen LogP contribution in [-0.4, -0.2) is 33.2 Å². The highest BCUT2D eigenvalue weighted by Gasteiger charge is 2.21. The molecule has 3 aromatic rings. The van der Waals surface area contributed by atoms with E-state index in [2.05, 4.69) is 10.4 Å². The lowest BCUT2D eigenvalue weighted by atomic mass is 10.1. The minimum absolute atomic E-state index is 0.175. The molecule has 138 valence electrons. The van der Waals surface area contributed by atoms with Crippen LogP contribution in [-0.2, 0) is 6.54 Å². The molecule has 0 atom stereocenters. The number of nitrogens with one attached hydrogen (secondary N) is 1. The molecule has 0 spiro atoms. The number of fused-ring (bicyclic) bond motifs is 1. The molecule has 1 fully saturated rings. The number of rotatable bonds is 4. The van der Waals surface area contributed by atoms with Gasteiger partial charge in [0, 0.05) is 11.4 Å². The minimum Gasteiger partial charge on any atom is -0.348 e. The molecule has 2 aromatic carbocycles. The minimum atomic E-state index is -0.204. The predicted octanol–water partition coefficient (Wildman–Crippen LogP) is 3.07. The Hall–Kier alpha value is -2.60. The molecule has 1 aliphatic rings. The van der Waals surface area contributed by atoms with E-state index in [1.165, 1.54) is 4.68 Å². The van der Waals surface area contributed by atoms with E-state index in [-0.39, 0.29) is 17.5 Å². The Bertz CT molecular complexity index is 1010. The van der Waals surface area contributed by atoms with Gasteiger partial charge in [0.2, 0.25) is 0 Å². The molecule has 1 aromatic heterocycles. The van der Waals surface area contributed by atoms with E-state index in [0.717, 1.165) is 29.9 Å². The van der Waals surface area contributed by atoms with Crippen LogP contribution in [0.1, 0.15) is 28.9 Å². The standard InChI is InChI=1S/C21H21N3O2S/c25-20(22-16-10-12-27-13-11-16)19-17-8-4-5-9-18(17)21(26)24(23-19)14-15-6-2-1-3-7-15/h1-9,16H,10-14H2,(H,22,25). The summed E-state index contributed by atoms with van der Waals surface area (Å²) in [4.78, 5) is 25.8. The highest BCUT2D eigenvalue weighted by atomic mass is 32.2. The first-order valence-corrected chi connectivity index (χ1v) is 10.3. The van der Waals surface area contributed by atoms with Crippen LogP contribution in [0, 0.1) is 0 Å². The maximum Gasteiger partial charge on any atom is 0.274 e. The van der Waals surface area contributed by atoms with Crippen molar-refractivity contribution < 1.29 is 4.79 Å². The fourth-order valence-electron chi connectivity index (χ4n) is 3.36. The van der Waals surface area contributed by atoms with Gasteiger partial charge in [-0.25, -0.2) is 4.68 Å². The number of hydrogen-bond donors (Lipinski definition) is 1. The van der Waals surface area contributed by atoms with E-state index in [4.69, 9.17) is 0 Å². The van der Waals surface area contributed by atoms with Crippen molar-refractivity contribution in [2.75, 3.05) is 11.5 Å². The second-order valence-corrected chi connectivity index (χ2v) is 7.93. The molecule has 0 radical (unpaired) electrons. The monoisotopic (exact) mass is 379 g/mol. The smallest absolute Gasteiger partial charge is 0.274 e. The van der Waals surface area contributed by atoms with Gasteiger partial charge < -0.3 is 5.32 Å². The Morgan fingerprint density at radius 2 is 1.70 bits per heavy atom. The maximum atomic E-state index is 12.9. The quantitative estimate of drug-likeness (QED) is 0.757. The second kappa shape index (κ2) is 7.96. The average Bonchev–Trinajstić information content (AvgIpc) is 2.71. The molecule has 6 heteroatoms. The van der Waals surface area contributed by atoms with Gasteiger partial charge >= 0.3 is 0 Å². The van der Waals surface area contributed by atoms with Crippen molar-refractivity contribution in [3.05, 3.63) is 76.2 Å². The number of carbonyl (C=O) groups is 1. The van der Waals surface area contributed by atoms with Crippen LogP contribution in [0.4, 0.5) is 0 Å². The average molecular weight is 379 g/mol. The molecular formula is C21H21N3O2S. The molecule has 1 N–H and O–H groups in total. The van der Waals surface area contributed by atoms with Crippen molar-refractivity contribution in [3.8, 4) is 0 Å². The lowest BCUT2D eigenvalue weighted by Crippen LogP contribution is -2.39. The summed E-state index contributed by atoms with van der Waals surface area (Å²) in [6, 6.07) is 17.1. The van der Waals surface area contributed by atoms with Crippen LogP contribution in [0.2, 0.25) is 0 Å². The van der Waals surface area contributed by atoms with Crippen molar-refractivity contribution in [3.63, 3.8) is 0 Å². The molecule has 2 heterocycles. The molecule has 1 saturated heterocycles. The zero-order valence-corrected chi connectivity index (χ0v) is 15.7. The van der Waals surface area contributed by atoms with Gasteiger partial charge in [-0.1, -0.05) is 48.5 Å². The first-order chi connectivity index (χ1) is 13.2. The third kappa shape index (κ3) is 3.90. The topological polar surface area (TPSA) is 64.0 Å². The van der Waals surface area contributed by atoms with Crippen LogP contribution in [0.25, 0.3) is 10.8 Å². The van der Waals surface area contributed by atoms with Gasteiger partial charge in [0.1, 0.15) is 0 Å². The van der Waals surface area contributed by atoms with Gasteiger partial charge in [0.05, 0.1) is 11.9 Å². The summed E-state index contributed by atoms with van der Waals surface area (Å²) in [5.74, 6) is 1.92. The number of thioether (sulfide) groups is 1. The number of nitrogens with zero attached hydrogens (tertiary/aromatic N) is 2.